The summed E-state index contributed by atoms with van der Waals surface area (Å²) in [6.07, 6.45) is 0.985. The summed E-state index contributed by atoms with van der Waals surface area (Å²) in [6.45, 7) is 4.59. The maximum Gasteiger partial charge on any atom is 0.149 e. The molecular formula is C50H34OS2. The normalized spacial score (nSPS) is 13.0. The van der Waals surface area contributed by atoms with Gasteiger partial charge in [0.2, 0.25) is 0 Å². The van der Waals surface area contributed by atoms with E-state index in [1.165, 1.54) is 90.8 Å². The fourth-order valence-electron chi connectivity index (χ4n) is 8.90. The Kier molecular flexibility index (Phi) is 6.99. The molecule has 1 unspecified atom stereocenters. The highest BCUT2D eigenvalue weighted by molar-refractivity contribution is 7.99. The van der Waals surface area contributed by atoms with Crippen molar-refractivity contribution in [2.75, 3.05) is 0 Å². The van der Waals surface area contributed by atoms with Crippen LogP contribution in [0.3, 0.4) is 0 Å². The molecule has 1 aliphatic rings. The van der Waals surface area contributed by atoms with Gasteiger partial charge < -0.3 is 4.42 Å². The van der Waals surface area contributed by atoms with Crippen LogP contribution >= 0.6 is 23.1 Å². The van der Waals surface area contributed by atoms with Crippen LogP contribution in [0, 0.1) is 6.92 Å². The molecule has 0 bridgehead atoms. The zero-order valence-corrected chi connectivity index (χ0v) is 31.1. The minimum atomic E-state index is 0.201. The van der Waals surface area contributed by atoms with Gasteiger partial charge in [0.1, 0.15) is 11.2 Å². The smallest absolute Gasteiger partial charge is 0.149 e. The first-order valence-electron chi connectivity index (χ1n) is 18.4. The van der Waals surface area contributed by atoms with Gasteiger partial charge in [-0.2, -0.15) is 0 Å². The molecule has 3 heteroatoms. The van der Waals surface area contributed by atoms with Gasteiger partial charge in [-0.25, -0.2) is 0 Å². The van der Waals surface area contributed by atoms with E-state index in [1.54, 1.807) is 0 Å². The third kappa shape index (κ3) is 4.64. The number of benzene rings is 8. The van der Waals surface area contributed by atoms with E-state index in [9.17, 15) is 0 Å². The van der Waals surface area contributed by atoms with Crippen LogP contribution < -0.4 is 0 Å². The fraction of sp³-hybridized carbons (Fsp3) is 0.0800. The number of fused-ring (bicyclic) bond motifs is 14. The van der Waals surface area contributed by atoms with E-state index in [2.05, 4.69) is 166 Å². The van der Waals surface area contributed by atoms with Crippen LogP contribution in [0.15, 0.2) is 166 Å². The summed E-state index contributed by atoms with van der Waals surface area (Å²) in [5.41, 5.74) is 13.7. The molecule has 1 aliphatic heterocycles. The number of hydrogen-bond donors (Lipinski definition) is 0. The van der Waals surface area contributed by atoms with Crippen molar-refractivity contribution in [3.63, 3.8) is 0 Å². The highest BCUT2D eigenvalue weighted by atomic mass is 32.2. The molecule has 0 fully saturated rings. The second-order valence-corrected chi connectivity index (χ2v) is 16.4. The topological polar surface area (TPSA) is 13.1 Å². The number of aryl methyl sites for hydroxylation is 1. The van der Waals surface area contributed by atoms with Gasteiger partial charge in [0.25, 0.3) is 0 Å². The molecule has 3 heterocycles. The Morgan fingerprint density at radius 3 is 2.13 bits per heavy atom. The van der Waals surface area contributed by atoms with Crippen molar-refractivity contribution in [1.82, 2.24) is 0 Å². The zero-order chi connectivity index (χ0) is 35.2. The number of hydrogen-bond acceptors (Lipinski definition) is 3. The summed E-state index contributed by atoms with van der Waals surface area (Å²) in [5, 5.41) is 7.38. The summed E-state index contributed by atoms with van der Waals surface area (Å²) in [6, 6.07) is 56.2. The first-order chi connectivity index (χ1) is 26.2. The lowest BCUT2D eigenvalue weighted by molar-refractivity contribution is 0.661. The second-order valence-electron chi connectivity index (χ2n) is 14.3. The molecule has 0 amide bonds. The minimum Gasteiger partial charge on any atom is -0.455 e. The van der Waals surface area contributed by atoms with Gasteiger partial charge in [-0.1, -0.05) is 140 Å². The predicted octanol–water partition coefficient (Wildman–Crippen LogP) is 15.4. The quantitative estimate of drug-likeness (QED) is 0.180. The Balaban J connectivity index is 1.30. The molecule has 8 aromatic carbocycles. The Hall–Kier alpha value is -5.61. The predicted molar refractivity (Wildman–Crippen MR) is 228 cm³/mol. The number of thiophene rings is 1. The average Bonchev–Trinajstić information content (AvgIpc) is 3.72. The van der Waals surface area contributed by atoms with Crippen LogP contribution in [0.25, 0.3) is 86.3 Å². The molecule has 2 aromatic heterocycles. The van der Waals surface area contributed by atoms with E-state index in [0.717, 1.165) is 28.4 Å². The second kappa shape index (κ2) is 12.0. The third-order valence-electron chi connectivity index (χ3n) is 11.4. The third-order valence-corrected chi connectivity index (χ3v) is 13.7. The van der Waals surface area contributed by atoms with Gasteiger partial charge in [0, 0.05) is 58.4 Å². The maximum absolute atomic E-state index is 6.98. The van der Waals surface area contributed by atoms with Crippen LogP contribution in [0.2, 0.25) is 0 Å². The summed E-state index contributed by atoms with van der Waals surface area (Å²) in [5.74, 6) is 0.201. The zero-order valence-electron chi connectivity index (χ0n) is 29.4. The summed E-state index contributed by atoms with van der Waals surface area (Å²) in [4.78, 5) is 2.46. The monoisotopic (exact) mass is 714 g/mol. The molecule has 0 spiro atoms. The van der Waals surface area contributed by atoms with Gasteiger partial charge in [-0.15, -0.1) is 11.3 Å². The van der Waals surface area contributed by atoms with Crippen molar-refractivity contribution in [2.45, 2.75) is 36.0 Å². The summed E-state index contributed by atoms with van der Waals surface area (Å²) >= 11 is 3.80. The van der Waals surface area contributed by atoms with Crippen molar-refractivity contribution in [2.24, 2.45) is 0 Å². The first kappa shape index (κ1) is 31.0. The van der Waals surface area contributed by atoms with Crippen LogP contribution in [-0.2, 0) is 0 Å². The summed E-state index contributed by atoms with van der Waals surface area (Å²) in [7, 11) is 0. The van der Waals surface area contributed by atoms with Crippen LogP contribution in [0.1, 0.15) is 36.0 Å². The average molecular weight is 715 g/mol. The molecule has 10 aromatic rings. The molecule has 252 valence electrons. The van der Waals surface area contributed by atoms with E-state index in [1.807, 2.05) is 23.1 Å². The molecule has 0 N–H and O–H groups in total. The first-order valence-corrected chi connectivity index (χ1v) is 20.1. The van der Waals surface area contributed by atoms with E-state index in [4.69, 9.17) is 4.42 Å². The van der Waals surface area contributed by atoms with Gasteiger partial charge in [0.15, 0.2) is 0 Å². The number of furan rings is 1. The SMILES string of the molecule is CCC(c1ccccc1)c1c(-c2ccccc2C)ccc2c1-c1ccc3c(sc4ccccc43)c1-c1ccc3c(oc4cc5ccccc5cc43)c1S2. The fourth-order valence-corrected chi connectivity index (χ4v) is 11.4. The molecule has 0 radical (unpaired) electrons. The number of rotatable bonds is 4. The van der Waals surface area contributed by atoms with Crippen LogP contribution in [0.5, 0.6) is 0 Å². The molecule has 0 aliphatic carbocycles. The lowest BCUT2D eigenvalue weighted by Crippen LogP contribution is -2.06. The largest absolute Gasteiger partial charge is 0.455 e. The highest BCUT2D eigenvalue weighted by Crippen LogP contribution is 2.58. The lowest BCUT2D eigenvalue weighted by atomic mass is 9.78. The molecule has 0 saturated heterocycles. The van der Waals surface area contributed by atoms with Crippen molar-refractivity contribution in [3.05, 3.63) is 168 Å². The van der Waals surface area contributed by atoms with Crippen molar-refractivity contribution >= 4 is 76.0 Å². The van der Waals surface area contributed by atoms with Gasteiger partial charge >= 0.3 is 0 Å². The molecular weight excluding hydrogens is 681 g/mol. The van der Waals surface area contributed by atoms with E-state index < -0.39 is 0 Å². The molecule has 1 atom stereocenters. The Bertz CT molecular complexity index is 3090. The van der Waals surface area contributed by atoms with Gasteiger partial charge in [-0.3, -0.25) is 0 Å². The van der Waals surface area contributed by atoms with Crippen LogP contribution in [0.4, 0.5) is 0 Å². The van der Waals surface area contributed by atoms with E-state index in [0.29, 0.717) is 0 Å². The molecule has 0 saturated carbocycles. The summed E-state index contributed by atoms with van der Waals surface area (Å²) < 4.78 is 9.62. The lowest BCUT2D eigenvalue weighted by Gasteiger charge is -2.26. The maximum atomic E-state index is 6.98. The van der Waals surface area contributed by atoms with E-state index >= 15 is 0 Å². The van der Waals surface area contributed by atoms with E-state index in [-0.39, 0.29) is 5.92 Å². The minimum absolute atomic E-state index is 0.201. The van der Waals surface area contributed by atoms with Gasteiger partial charge in [-0.05, 0) is 87.8 Å². The standard InChI is InChI=1S/C50H34OS2/c1-3-33(30-14-5-4-6-15-30)45-36(34-18-10-7-13-29(34)2)25-26-44-47(45)39-23-22-38-35-19-11-12-20-43(35)52-49(38)46(39)40-24-21-37-41-27-31-16-8-9-17-32(31)28-42(41)51-48(37)50(40)53-44/h4-28,33H,3H2,1-2H3. The van der Waals surface area contributed by atoms with Crippen LogP contribution in [-0.4, -0.2) is 0 Å². The Labute approximate surface area is 316 Å². The van der Waals surface area contributed by atoms with Crippen molar-refractivity contribution in [3.8, 4) is 33.4 Å². The highest BCUT2D eigenvalue weighted by Gasteiger charge is 2.32. The molecule has 11 rings (SSSR count). The Morgan fingerprint density at radius 1 is 0.566 bits per heavy atom. The van der Waals surface area contributed by atoms with Crippen molar-refractivity contribution < 1.29 is 4.42 Å². The van der Waals surface area contributed by atoms with Crippen molar-refractivity contribution in [1.29, 1.82) is 0 Å². The van der Waals surface area contributed by atoms with Gasteiger partial charge in [0.05, 0.1) is 4.90 Å². The molecule has 53 heavy (non-hydrogen) atoms. The Morgan fingerprint density at radius 2 is 1.28 bits per heavy atom. The molecule has 1 nitrogen and oxygen atoms in total.